The number of morpholine rings is 1. The van der Waals surface area contributed by atoms with Crippen molar-refractivity contribution in [1.82, 2.24) is 9.29 Å². The van der Waals surface area contributed by atoms with E-state index >= 15 is 0 Å². The van der Waals surface area contributed by atoms with Gasteiger partial charge in [0.2, 0.25) is 10.0 Å². The number of hydrogen-bond donors (Lipinski definition) is 0. The van der Waals surface area contributed by atoms with Gasteiger partial charge in [-0.15, -0.1) is 0 Å². The van der Waals surface area contributed by atoms with Gasteiger partial charge in [0.05, 0.1) is 18.1 Å². The molecule has 3 rings (SSSR count). The smallest absolute Gasteiger partial charge is 0.243 e. The Hall–Kier alpha value is -1.21. The molecule has 0 amide bonds. The molecule has 0 atom stereocenters. The molecule has 2 aromatic rings. The summed E-state index contributed by atoms with van der Waals surface area (Å²) in [6.45, 7) is 1.59. The molecule has 0 unspecified atom stereocenters. The molecule has 5 nitrogen and oxygen atoms in total. The normalized spacial score (nSPS) is 17.4. The number of pyridine rings is 1. The van der Waals surface area contributed by atoms with Crippen LogP contribution in [0.3, 0.4) is 0 Å². The molecule has 0 bridgehead atoms. The van der Waals surface area contributed by atoms with Crippen molar-refractivity contribution in [1.29, 1.82) is 0 Å². The van der Waals surface area contributed by atoms with Crippen molar-refractivity contribution in [3.8, 4) is 0 Å². The summed E-state index contributed by atoms with van der Waals surface area (Å²) in [5.41, 5.74) is 0. The molecular weight excluding hydrogens is 300 g/mol. The van der Waals surface area contributed by atoms with Gasteiger partial charge in [-0.25, -0.2) is 13.4 Å². The van der Waals surface area contributed by atoms with Gasteiger partial charge in [-0.3, -0.25) is 0 Å². The van der Waals surface area contributed by atoms with E-state index in [4.69, 9.17) is 16.3 Å². The van der Waals surface area contributed by atoms with Crippen LogP contribution in [-0.2, 0) is 14.8 Å². The number of benzene rings is 1. The predicted octanol–water partition coefficient (Wildman–Crippen LogP) is 1.91. The summed E-state index contributed by atoms with van der Waals surface area (Å²) in [5, 5.41) is 1.63. The minimum absolute atomic E-state index is 0.265. The van der Waals surface area contributed by atoms with Crippen molar-refractivity contribution in [2.24, 2.45) is 0 Å². The summed E-state index contributed by atoms with van der Waals surface area (Å²) in [6.07, 6.45) is 1.58. The van der Waals surface area contributed by atoms with E-state index in [0.29, 0.717) is 31.7 Å². The molecule has 2 heterocycles. The zero-order chi connectivity index (χ0) is 14.2. The minimum atomic E-state index is -3.54. The largest absolute Gasteiger partial charge is 0.379 e. The van der Waals surface area contributed by atoms with E-state index in [1.54, 1.807) is 24.4 Å². The fraction of sp³-hybridized carbons (Fsp3) is 0.308. The molecule has 0 spiro atoms. The maximum absolute atomic E-state index is 12.7. The van der Waals surface area contributed by atoms with Gasteiger partial charge in [0.25, 0.3) is 0 Å². The second kappa shape index (κ2) is 5.29. The first-order chi connectivity index (χ1) is 9.59. The first-order valence-corrected chi connectivity index (χ1v) is 8.03. The molecule has 20 heavy (non-hydrogen) atoms. The molecule has 1 aromatic carbocycles. The van der Waals surface area contributed by atoms with Crippen LogP contribution >= 0.6 is 11.6 Å². The zero-order valence-electron chi connectivity index (χ0n) is 10.6. The summed E-state index contributed by atoms with van der Waals surface area (Å²) in [7, 11) is -3.54. The van der Waals surface area contributed by atoms with Gasteiger partial charge in [-0.2, -0.15) is 4.31 Å². The Balaban J connectivity index is 2.15. The Labute approximate surface area is 122 Å². The SMILES string of the molecule is O=S(=O)(c1cccc2cnc(Cl)cc12)N1CCOCC1. The van der Waals surface area contributed by atoms with Crippen LogP contribution in [-0.4, -0.2) is 44.0 Å². The fourth-order valence-corrected chi connectivity index (χ4v) is 4.04. The highest BCUT2D eigenvalue weighted by atomic mass is 35.5. The van der Waals surface area contributed by atoms with Crippen LogP contribution in [0.25, 0.3) is 10.8 Å². The minimum Gasteiger partial charge on any atom is -0.379 e. The van der Waals surface area contributed by atoms with Crippen molar-refractivity contribution in [3.05, 3.63) is 35.6 Å². The van der Waals surface area contributed by atoms with Crippen LogP contribution in [0.5, 0.6) is 0 Å². The molecule has 0 radical (unpaired) electrons. The molecule has 7 heteroatoms. The number of ether oxygens (including phenoxy) is 1. The lowest BCUT2D eigenvalue weighted by Gasteiger charge is -2.26. The Morgan fingerprint density at radius 2 is 2.00 bits per heavy atom. The first-order valence-electron chi connectivity index (χ1n) is 6.21. The highest BCUT2D eigenvalue weighted by Crippen LogP contribution is 2.27. The average molecular weight is 313 g/mol. The molecule has 1 fully saturated rings. The van der Waals surface area contributed by atoms with Crippen LogP contribution in [0.4, 0.5) is 0 Å². The lowest BCUT2D eigenvalue weighted by Crippen LogP contribution is -2.40. The zero-order valence-corrected chi connectivity index (χ0v) is 12.2. The number of rotatable bonds is 2. The van der Waals surface area contributed by atoms with Crippen LogP contribution in [0.1, 0.15) is 0 Å². The van der Waals surface area contributed by atoms with E-state index in [1.807, 2.05) is 6.07 Å². The lowest BCUT2D eigenvalue weighted by atomic mass is 10.2. The number of hydrogen-bond acceptors (Lipinski definition) is 4. The molecule has 106 valence electrons. The third-order valence-electron chi connectivity index (χ3n) is 3.28. The van der Waals surface area contributed by atoms with Gasteiger partial charge in [0, 0.05) is 30.1 Å². The number of halogens is 1. The second-order valence-electron chi connectivity index (χ2n) is 4.50. The summed E-state index contributed by atoms with van der Waals surface area (Å²) < 4.78 is 32.1. The second-order valence-corrected chi connectivity index (χ2v) is 6.79. The Morgan fingerprint density at radius 3 is 2.75 bits per heavy atom. The van der Waals surface area contributed by atoms with Gasteiger partial charge < -0.3 is 4.74 Å². The molecule has 1 aliphatic rings. The highest BCUT2D eigenvalue weighted by Gasteiger charge is 2.27. The highest BCUT2D eigenvalue weighted by molar-refractivity contribution is 7.89. The van der Waals surface area contributed by atoms with E-state index < -0.39 is 10.0 Å². The van der Waals surface area contributed by atoms with Crippen molar-refractivity contribution in [3.63, 3.8) is 0 Å². The Kier molecular flexibility index (Phi) is 3.64. The number of sulfonamides is 1. The third kappa shape index (κ3) is 2.40. The quantitative estimate of drug-likeness (QED) is 0.795. The predicted molar refractivity (Wildman–Crippen MR) is 76.3 cm³/mol. The molecule has 1 aliphatic heterocycles. The number of fused-ring (bicyclic) bond motifs is 1. The van der Waals surface area contributed by atoms with Crippen LogP contribution in [0.15, 0.2) is 35.4 Å². The van der Waals surface area contributed by atoms with Gasteiger partial charge in [-0.1, -0.05) is 23.7 Å². The van der Waals surface area contributed by atoms with Crippen LogP contribution in [0.2, 0.25) is 5.15 Å². The Morgan fingerprint density at radius 1 is 1.25 bits per heavy atom. The summed E-state index contributed by atoms with van der Waals surface area (Å²) in [5.74, 6) is 0. The molecule has 1 aromatic heterocycles. The summed E-state index contributed by atoms with van der Waals surface area (Å²) in [4.78, 5) is 4.25. The van der Waals surface area contributed by atoms with Crippen molar-refractivity contribution < 1.29 is 13.2 Å². The topological polar surface area (TPSA) is 59.5 Å². The maximum atomic E-state index is 12.7. The van der Waals surface area contributed by atoms with E-state index in [9.17, 15) is 8.42 Å². The first kappa shape index (κ1) is 13.8. The van der Waals surface area contributed by atoms with E-state index in [2.05, 4.69) is 4.98 Å². The molecular formula is C13H13ClN2O3S. The number of aromatic nitrogens is 1. The van der Waals surface area contributed by atoms with E-state index in [0.717, 1.165) is 5.39 Å². The lowest BCUT2D eigenvalue weighted by molar-refractivity contribution is 0.0730. The van der Waals surface area contributed by atoms with Crippen molar-refractivity contribution in [2.45, 2.75) is 4.90 Å². The van der Waals surface area contributed by atoms with Gasteiger partial charge in [0.15, 0.2) is 0 Å². The Bertz CT molecular complexity index is 742. The van der Waals surface area contributed by atoms with E-state index in [-0.39, 0.29) is 10.0 Å². The van der Waals surface area contributed by atoms with Gasteiger partial charge in [-0.05, 0) is 12.1 Å². The van der Waals surface area contributed by atoms with Crippen LogP contribution in [0, 0.1) is 0 Å². The maximum Gasteiger partial charge on any atom is 0.243 e. The number of nitrogens with zero attached hydrogens (tertiary/aromatic N) is 2. The summed E-state index contributed by atoms with van der Waals surface area (Å²) >= 11 is 5.89. The molecule has 0 N–H and O–H groups in total. The molecule has 1 saturated heterocycles. The standard InChI is InChI=1S/C13H13ClN2O3S/c14-13-8-11-10(9-15-13)2-1-3-12(11)20(17,18)16-4-6-19-7-5-16/h1-3,8-9H,4-7H2. The molecule has 0 aliphatic carbocycles. The van der Waals surface area contributed by atoms with Gasteiger partial charge >= 0.3 is 0 Å². The fourth-order valence-electron chi connectivity index (χ4n) is 2.27. The third-order valence-corrected chi connectivity index (χ3v) is 5.44. The van der Waals surface area contributed by atoms with Gasteiger partial charge in [0.1, 0.15) is 5.15 Å². The average Bonchev–Trinajstić information content (AvgIpc) is 2.47. The molecule has 0 saturated carbocycles. The monoisotopic (exact) mass is 312 g/mol. The van der Waals surface area contributed by atoms with E-state index in [1.165, 1.54) is 4.31 Å². The van der Waals surface area contributed by atoms with Crippen molar-refractivity contribution in [2.75, 3.05) is 26.3 Å². The van der Waals surface area contributed by atoms with Crippen LogP contribution < -0.4 is 0 Å². The summed E-state index contributed by atoms with van der Waals surface area (Å²) in [6, 6.07) is 6.72. The van der Waals surface area contributed by atoms with Crippen molar-refractivity contribution >= 4 is 32.4 Å².